The van der Waals surface area contributed by atoms with Crippen LogP contribution in [0.25, 0.3) is 0 Å². The van der Waals surface area contributed by atoms with Crippen molar-refractivity contribution < 1.29 is 14.3 Å². The van der Waals surface area contributed by atoms with Crippen LogP contribution in [0.1, 0.15) is 28.8 Å². The van der Waals surface area contributed by atoms with Crippen molar-refractivity contribution in [3.63, 3.8) is 0 Å². The minimum absolute atomic E-state index is 0.119. The number of nitrogens with one attached hydrogen (secondary N) is 2. The molecule has 0 aliphatic carbocycles. The average molecular weight is 426 g/mol. The van der Waals surface area contributed by atoms with Crippen molar-refractivity contribution in [2.45, 2.75) is 19.4 Å². The number of benzene rings is 2. The highest BCUT2D eigenvalue weighted by atomic mass is 35.5. The molecule has 1 heterocycles. The zero-order chi connectivity index (χ0) is 21.3. The van der Waals surface area contributed by atoms with Crippen LogP contribution >= 0.6 is 11.6 Å². The van der Waals surface area contributed by atoms with E-state index < -0.39 is 0 Å². The van der Waals surface area contributed by atoms with Gasteiger partial charge in [0.2, 0.25) is 5.91 Å². The Labute approximate surface area is 181 Å². The van der Waals surface area contributed by atoms with Gasteiger partial charge in [-0.05, 0) is 67.9 Å². The van der Waals surface area contributed by atoms with Gasteiger partial charge in [-0.3, -0.25) is 25.3 Å². The van der Waals surface area contributed by atoms with Gasteiger partial charge in [-0.2, -0.15) is 0 Å². The Morgan fingerprint density at radius 2 is 1.73 bits per heavy atom. The van der Waals surface area contributed by atoms with Gasteiger partial charge in [0.05, 0.1) is 6.54 Å². The fraction of sp³-hybridized carbons (Fsp3) is 0.304. The van der Waals surface area contributed by atoms with Gasteiger partial charge >= 0.3 is 0 Å². The van der Waals surface area contributed by atoms with Crippen LogP contribution in [0, 0.1) is 18.3 Å². The number of carbonyl (C=O) groups is 2. The van der Waals surface area contributed by atoms with E-state index >= 15 is 0 Å². The van der Waals surface area contributed by atoms with Gasteiger partial charge in [0.1, 0.15) is 12.4 Å². The number of carbonyl (C=O) groups excluding carboxylic acids is 2. The van der Waals surface area contributed by atoms with Crippen molar-refractivity contribution >= 4 is 23.4 Å². The quantitative estimate of drug-likeness (QED) is 0.551. The van der Waals surface area contributed by atoms with E-state index in [2.05, 4.69) is 21.7 Å². The molecule has 2 aromatic rings. The number of halogens is 1. The topological polar surface area (TPSA) is 70.7 Å². The fourth-order valence-electron chi connectivity index (χ4n) is 3.22. The standard InChI is InChI=1S/C23H24ClN3O3/c1-2-13-27-14-11-19(12-15-27)23(29)26-25-22(28)18-5-3-17(4-6-18)16-30-21-9-7-20(24)8-10-21/h1,3-10,19H,11-16H2,(H,25,28)(H,26,29). The minimum Gasteiger partial charge on any atom is -0.489 e. The van der Waals surface area contributed by atoms with Crippen molar-refractivity contribution in [1.82, 2.24) is 15.8 Å². The molecule has 0 saturated carbocycles. The first-order chi connectivity index (χ1) is 14.5. The largest absolute Gasteiger partial charge is 0.489 e. The number of hydrogen-bond donors (Lipinski definition) is 2. The molecule has 7 heteroatoms. The smallest absolute Gasteiger partial charge is 0.269 e. The molecule has 30 heavy (non-hydrogen) atoms. The van der Waals surface area contributed by atoms with Crippen molar-refractivity contribution in [3.8, 4) is 18.1 Å². The number of amides is 2. The first-order valence-electron chi connectivity index (χ1n) is 9.78. The highest BCUT2D eigenvalue weighted by molar-refractivity contribution is 6.30. The molecule has 0 unspecified atom stereocenters. The first kappa shape index (κ1) is 21.7. The third-order valence-corrected chi connectivity index (χ3v) is 5.26. The third-order valence-electron chi connectivity index (χ3n) is 5.01. The van der Waals surface area contributed by atoms with E-state index in [-0.39, 0.29) is 17.7 Å². The number of ether oxygens (including phenoxy) is 1. The van der Waals surface area contributed by atoms with Crippen LogP contribution in [0.3, 0.4) is 0 Å². The van der Waals surface area contributed by atoms with Crippen molar-refractivity contribution in [3.05, 3.63) is 64.7 Å². The first-order valence-corrected chi connectivity index (χ1v) is 10.2. The predicted molar refractivity (Wildman–Crippen MR) is 116 cm³/mol. The lowest BCUT2D eigenvalue weighted by Crippen LogP contribution is -2.47. The molecule has 0 spiro atoms. The third kappa shape index (κ3) is 6.24. The summed E-state index contributed by atoms with van der Waals surface area (Å²) in [6.45, 7) is 2.55. The normalized spacial score (nSPS) is 14.5. The molecule has 0 aromatic heterocycles. The van der Waals surface area contributed by atoms with Crippen LogP contribution in [0.4, 0.5) is 0 Å². The van der Waals surface area contributed by atoms with Gasteiger partial charge in [-0.1, -0.05) is 29.7 Å². The van der Waals surface area contributed by atoms with Crippen LogP contribution in [0.15, 0.2) is 48.5 Å². The number of piperidine rings is 1. The summed E-state index contributed by atoms with van der Waals surface area (Å²) in [6, 6.07) is 14.1. The minimum atomic E-state index is -0.363. The summed E-state index contributed by atoms with van der Waals surface area (Å²) in [5.41, 5.74) is 6.39. The zero-order valence-electron chi connectivity index (χ0n) is 16.6. The number of likely N-dealkylation sites (tertiary alicyclic amines) is 1. The summed E-state index contributed by atoms with van der Waals surface area (Å²) in [5, 5.41) is 0.652. The second kappa shape index (κ2) is 10.7. The van der Waals surface area contributed by atoms with Gasteiger partial charge in [0.25, 0.3) is 5.91 Å². The Morgan fingerprint density at radius 3 is 2.37 bits per heavy atom. The molecular weight excluding hydrogens is 402 g/mol. The van der Waals surface area contributed by atoms with E-state index in [0.717, 1.165) is 31.5 Å². The van der Waals surface area contributed by atoms with Crippen molar-refractivity contribution in [2.75, 3.05) is 19.6 Å². The van der Waals surface area contributed by atoms with Crippen molar-refractivity contribution in [1.29, 1.82) is 0 Å². The van der Waals surface area contributed by atoms with Crippen LogP contribution in [0.5, 0.6) is 5.75 Å². The van der Waals surface area contributed by atoms with Gasteiger partial charge in [0.15, 0.2) is 0 Å². The summed E-state index contributed by atoms with van der Waals surface area (Å²) in [7, 11) is 0. The molecule has 2 aromatic carbocycles. The molecule has 156 valence electrons. The van der Waals surface area contributed by atoms with Gasteiger partial charge in [-0.15, -0.1) is 6.42 Å². The highest BCUT2D eigenvalue weighted by Gasteiger charge is 2.24. The van der Waals surface area contributed by atoms with Crippen molar-refractivity contribution in [2.24, 2.45) is 5.92 Å². The molecule has 1 saturated heterocycles. The molecule has 3 rings (SSSR count). The summed E-state index contributed by atoms with van der Waals surface area (Å²) < 4.78 is 5.69. The molecule has 2 N–H and O–H groups in total. The molecular formula is C23H24ClN3O3. The molecule has 1 aliphatic heterocycles. The summed E-state index contributed by atoms with van der Waals surface area (Å²) in [4.78, 5) is 26.7. The Kier molecular flexibility index (Phi) is 7.72. The number of terminal acetylenes is 1. The SMILES string of the molecule is C#CCN1CCC(C(=O)NNC(=O)c2ccc(COc3ccc(Cl)cc3)cc2)CC1. The van der Waals surface area contributed by atoms with E-state index in [9.17, 15) is 9.59 Å². The number of hydrazine groups is 1. The molecule has 1 aliphatic rings. The maximum absolute atomic E-state index is 12.3. The average Bonchev–Trinajstić information content (AvgIpc) is 2.78. The van der Waals surface area contributed by atoms with Crippen LogP contribution < -0.4 is 15.6 Å². The molecule has 2 amide bonds. The lowest BCUT2D eigenvalue weighted by molar-refractivity contribution is -0.127. The van der Waals surface area contributed by atoms with E-state index in [1.165, 1.54) is 0 Å². The molecule has 0 atom stereocenters. The molecule has 1 fully saturated rings. The Hall–Kier alpha value is -3.01. The predicted octanol–water partition coefficient (Wildman–Crippen LogP) is 3.03. The van der Waals surface area contributed by atoms with Crippen LogP contribution in [0.2, 0.25) is 5.02 Å². The molecule has 6 nitrogen and oxygen atoms in total. The maximum Gasteiger partial charge on any atom is 0.269 e. The van der Waals surface area contributed by atoms with E-state index in [1.807, 2.05) is 12.1 Å². The Morgan fingerprint density at radius 1 is 1.07 bits per heavy atom. The second-order valence-electron chi connectivity index (χ2n) is 7.14. The van der Waals surface area contributed by atoms with E-state index in [1.54, 1.807) is 36.4 Å². The highest BCUT2D eigenvalue weighted by Crippen LogP contribution is 2.18. The summed E-state index contributed by atoms with van der Waals surface area (Å²) >= 11 is 5.85. The van der Waals surface area contributed by atoms with Crippen LogP contribution in [-0.2, 0) is 11.4 Å². The summed E-state index contributed by atoms with van der Waals surface area (Å²) in [5.74, 6) is 2.68. The second-order valence-corrected chi connectivity index (χ2v) is 7.57. The number of nitrogens with zero attached hydrogens (tertiary/aromatic N) is 1. The molecule has 0 bridgehead atoms. The van der Waals surface area contributed by atoms with E-state index in [4.69, 9.17) is 22.8 Å². The summed E-state index contributed by atoms with van der Waals surface area (Å²) in [6.07, 6.45) is 6.77. The number of rotatable bonds is 6. The lowest BCUT2D eigenvalue weighted by Gasteiger charge is -2.29. The number of hydrogen-bond acceptors (Lipinski definition) is 4. The maximum atomic E-state index is 12.3. The van der Waals surface area contributed by atoms with Gasteiger partial charge in [0, 0.05) is 16.5 Å². The monoisotopic (exact) mass is 425 g/mol. The lowest BCUT2D eigenvalue weighted by atomic mass is 9.96. The van der Waals surface area contributed by atoms with E-state index in [0.29, 0.717) is 29.5 Å². The van der Waals surface area contributed by atoms with Gasteiger partial charge < -0.3 is 4.74 Å². The van der Waals surface area contributed by atoms with Gasteiger partial charge in [-0.25, -0.2) is 0 Å². The fourth-order valence-corrected chi connectivity index (χ4v) is 3.35. The van der Waals surface area contributed by atoms with Crippen LogP contribution in [-0.4, -0.2) is 36.3 Å². The zero-order valence-corrected chi connectivity index (χ0v) is 17.3. The Balaban J connectivity index is 1.42. The Bertz CT molecular complexity index is 899. The molecule has 0 radical (unpaired) electrons.